The van der Waals surface area contributed by atoms with E-state index in [9.17, 15) is 9.50 Å². The number of hydrogen-bond acceptors (Lipinski definition) is 3. The molecule has 3 nitrogen and oxygen atoms in total. The molecule has 2 heterocycles. The lowest BCUT2D eigenvalue weighted by molar-refractivity contribution is 0.0929. The van der Waals surface area contributed by atoms with E-state index in [2.05, 4.69) is 16.0 Å². The summed E-state index contributed by atoms with van der Waals surface area (Å²) in [5.74, 6) is -0.0385. The lowest BCUT2D eigenvalue weighted by Crippen LogP contribution is -2.35. The van der Waals surface area contributed by atoms with Crippen molar-refractivity contribution in [3.63, 3.8) is 0 Å². The number of aromatic nitrogens is 1. The number of halogens is 1. The first kappa shape index (κ1) is 15.0. The van der Waals surface area contributed by atoms with Crippen LogP contribution in [-0.2, 0) is 0 Å². The highest BCUT2D eigenvalue weighted by Gasteiger charge is 2.26. The second kappa shape index (κ2) is 6.44. The summed E-state index contributed by atoms with van der Waals surface area (Å²) in [6, 6.07) is 10.3. The number of aliphatic hydroxyl groups is 1. The van der Waals surface area contributed by atoms with E-state index in [0.29, 0.717) is 0 Å². The molecule has 3 rings (SSSR count). The predicted molar refractivity (Wildman–Crippen MR) is 85.3 cm³/mol. The number of rotatable bonds is 3. The molecule has 1 fully saturated rings. The molecule has 1 saturated heterocycles. The second-order valence-electron chi connectivity index (χ2n) is 5.98. The van der Waals surface area contributed by atoms with Crippen LogP contribution in [0.15, 0.2) is 42.6 Å². The van der Waals surface area contributed by atoms with Crippen LogP contribution in [-0.4, -0.2) is 23.2 Å². The summed E-state index contributed by atoms with van der Waals surface area (Å²) in [6.45, 7) is 3.84. The molecule has 1 aromatic heterocycles. The average Bonchev–Trinajstić information content (AvgIpc) is 2.55. The Morgan fingerprint density at radius 1 is 1.18 bits per heavy atom. The average molecular weight is 300 g/mol. The maximum absolute atomic E-state index is 13.0. The van der Waals surface area contributed by atoms with E-state index < -0.39 is 6.10 Å². The zero-order valence-corrected chi connectivity index (χ0v) is 12.7. The van der Waals surface area contributed by atoms with Gasteiger partial charge in [-0.05, 0) is 55.5 Å². The summed E-state index contributed by atoms with van der Waals surface area (Å²) >= 11 is 0. The molecule has 0 amide bonds. The molecule has 0 aliphatic carbocycles. The van der Waals surface area contributed by atoms with Crippen molar-refractivity contribution in [2.45, 2.75) is 25.9 Å². The van der Waals surface area contributed by atoms with Gasteiger partial charge in [-0.25, -0.2) is 4.39 Å². The standard InChI is InChI=1S/C18H21FN2O/c1-13-12-17(6-9-20-13)21-10-7-15(8-11-21)18(22)14-2-4-16(19)5-3-14/h2-6,9,12,15,18,22H,7-8,10-11H2,1H3/t18-/m0/s1. The van der Waals surface area contributed by atoms with E-state index in [1.165, 1.54) is 17.8 Å². The molecule has 1 aliphatic rings. The summed E-state index contributed by atoms with van der Waals surface area (Å²) in [4.78, 5) is 6.56. The first-order valence-electron chi connectivity index (χ1n) is 7.74. The van der Waals surface area contributed by atoms with Gasteiger partial charge in [0.1, 0.15) is 5.82 Å². The fraction of sp³-hybridized carbons (Fsp3) is 0.389. The number of piperidine rings is 1. The Labute approximate surface area is 130 Å². The first-order chi connectivity index (χ1) is 10.6. The maximum atomic E-state index is 13.0. The lowest BCUT2D eigenvalue weighted by Gasteiger charge is -2.35. The monoisotopic (exact) mass is 300 g/mol. The Bertz CT molecular complexity index is 621. The Kier molecular flexibility index (Phi) is 4.39. The minimum absolute atomic E-state index is 0.227. The lowest BCUT2D eigenvalue weighted by atomic mass is 9.87. The van der Waals surface area contributed by atoms with E-state index in [4.69, 9.17) is 0 Å². The molecule has 1 aromatic carbocycles. The van der Waals surface area contributed by atoms with Gasteiger partial charge in [0, 0.05) is 30.7 Å². The second-order valence-corrected chi connectivity index (χ2v) is 5.98. The van der Waals surface area contributed by atoms with Gasteiger partial charge in [0.2, 0.25) is 0 Å². The molecule has 0 radical (unpaired) electrons. The number of hydrogen-bond donors (Lipinski definition) is 1. The van der Waals surface area contributed by atoms with E-state index in [0.717, 1.165) is 37.2 Å². The molecule has 0 saturated carbocycles. The van der Waals surface area contributed by atoms with Crippen LogP contribution in [0, 0.1) is 18.7 Å². The predicted octanol–water partition coefficient (Wildman–Crippen LogP) is 3.48. The Hall–Kier alpha value is -1.94. The molecule has 1 N–H and O–H groups in total. The summed E-state index contributed by atoms with van der Waals surface area (Å²) < 4.78 is 13.0. The van der Waals surface area contributed by atoms with Gasteiger partial charge >= 0.3 is 0 Å². The molecule has 22 heavy (non-hydrogen) atoms. The van der Waals surface area contributed by atoms with Gasteiger partial charge in [-0.1, -0.05) is 12.1 Å². The van der Waals surface area contributed by atoms with Crippen LogP contribution in [0.1, 0.15) is 30.2 Å². The van der Waals surface area contributed by atoms with Crippen molar-refractivity contribution in [2.75, 3.05) is 18.0 Å². The summed E-state index contributed by atoms with van der Waals surface area (Å²) in [6.07, 6.45) is 3.19. The zero-order chi connectivity index (χ0) is 15.5. The van der Waals surface area contributed by atoms with Crippen molar-refractivity contribution in [2.24, 2.45) is 5.92 Å². The Morgan fingerprint density at radius 3 is 2.50 bits per heavy atom. The molecular weight excluding hydrogens is 279 g/mol. The normalized spacial score (nSPS) is 17.5. The molecule has 0 unspecified atom stereocenters. The van der Waals surface area contributed by atoms with Gasteiger partial charge in [0.15, 0.2) is 0 Å². The van der Waals surface area contributed by atoms with Crippen molar-refractivity contribution in [3.8, 4) is 0 Å². The van der Waals surface area contributed by atoms with Crippen molar-refractivity contribution in [1.29, 1.82) is 0 Å². The third-order valence-electron chi connectivity index (χ3n) is 4.44. The third kappa shape index (κ3) is 3.28. The van der Waals surface area contributed by atoms with Crippen LogP contribution in [0.2, 0.25) is 0 Å². The van der Waals surface area contributed by atoms with E-state index in [1.54, 1.807) is 12.1 Å². The van der Waals surface area contributed by atoms with Crippen LogP contribution < -0.4 is 4.90 Å². The number of aliphatic hydroxyl groups excluding tert-OH is 1. The quantitative estimate of drug-likeness (QED) is 0.943. The molecule has 0 spiro atoms. The third-order valence-corrected chi connectivity index (χ3v) is 4.44. The van der Waals surface area contributed by atoms with Crippen LogP contribution >= 0.6 is 0 Å². The van der Waals surface area contributed by atoms with Gasteiger partial charge < -0.3 is 10.0 Å². The zero-order valence-electron chi connectivity index (χ0n) is 12.7. The maximum Gasteiger partial charge on any atom is 0.123 e. The van der Waals surface area contributed by atoms with Crippen molar-refractivity contribution < 1.29 is 9.50 Å². The minimum Gasteiger partial charge on any atom is -0.388 e. The van der Waals surface area contributed by atoms with Gasteiger partial charge in [0.25, 0.3) is 0 Å². The smallest absolute Gasteiger partial charge is 0.123 e. The summed E-state index contributed by atoms with van der Waals surface area (Å²) in [5, 5.41) is 10.5. The Morgan fingerprint density at radius 2 is 1.86 bits per heavy atom. The molecule has 1 aliphatic heterocycles. The van der Waals surface area contributed by atoms with Crippen molar-refractivity contribution in [3.05, 3.63) is 59.7 Å². The first-order valence-corrected chi connectivity index (χ1v) is 7.74. The van der Waals surface area contributed by atoms with E-state index in [-0.39, 0.29) is 11.7 Å². The van der Waals surface area contributed by atoms with Crippen molar-refractivity contribution >= 4 is 5.69 Å². The molecule has 4 heteroatoms. The molecule has 116 valence electrons. The SMILES string of the molecule is Cc1cc(N2CCC([C@@H](O)c3ccc(F)cc3)CC2)ccn1. The highest BCUT2D eigenvalue weighted by Crippen LogP contribution is 2.32. The largest absolute Gasteiger partial charge is 0.388 e. The topological polar surface area (TPSA) is 36.4 Å². The molecule has 2 aromatic rings. The summed E-state index contributed by atoms with van der Waals surface area (Å²) in [5.41, 5.74) is 3.02. The Balaban J connectivity index is 1.62. The van der Waals surface area contributed by atoms with Crippen molar-refractivity contribution in [1.82, 2.24) is 4.98 Å². The number of anilines is 1. The van der Waals surface area contributed by atoms with Gasteiger partial charge in [0.05, 0.1) is 6.10 Å². The van der Waals surface area contributed by atoms with Crippen LogP contribution in [0.3, 0.4) is 0 Å². The van der Waals surface area contributed by atoms with E-state index in [1.807, 2.05) is 19.2 Å². The number of pyridine rings is 1. The molecular formula is C18H21FN2O. The number of nitrogens with zero attached hydrogens (tertiary/aromatic N) is 2. The highest BCUT2D eigenvalue weighted by atomic mass is 19.1. The van der Waals surface area contributed by atoms with E-state index >= 15 is 0 Å². The fourth-order valence-corrected chi connectivity index (χ4v) is 3.13. The summed E-state index contributed by atoms with van der Waals surface area (Å²) in [7, 11) is 0. The van der Waals surface area contributed by atoms with Crippen LogP contribution in [0.5, 0.6) is 0 Å². The van der Waals surface area contributed by atoms with Gasteiger partial charge in [-0.2, -0.15) is 0 Å². The van der Waals surface area contributed by atoms with Crippen LogP contribution in [0.4, 0.5) is 10.1 Å². The number of benzene rings is 1. The fourth-order valence-electron chi connectivity index (χ4n) is 3.13. The number of aryl methyl sites for hydroxylation is 1. The van der Waals surface area contributed by atoms with Gasteiger partial charge in [-0.3, -0.25) is 4.98 Å². The molecule has 1 atom stereocenters. The molecule has 0 bridgehead atoms. The highest BCUT2D eigenvalue weighted by molar-refractivity contribution is 5.46. The minimum atomic E-state index is -0.512. The van der Waals surface area contributed by atoms with Crippen LogP contribution in [0.25, 0.3) is 0 Å². The van der Waals surface area contributed by atoms with Gasteiger partial charge in [-0.15, -0.1) is 0 Å².